The third-order valence-corrected chi connectivity index (χ3v) is 10.8. The van der Waals surface area contributed by atoms with E-state index in [-0.39, 0.29) is 29.5 Å². The molecule has 3 saturated carbocycles. The number of rotatable bonds is 7. The molecule has 3 aliphatic rings. The number of aromatic nitrogens is 2. The highest BCUT2D eigenvalue weighted by atomic mass is 35.5. The largest absolute Gasteiger partial charge is 0.478 e. The van der Waals surface area contributed by atoms with Crippen molar-refractivity contribution in [3.8, 4) is 11.3 Å². The number of fused-ring (bicyclic) bond motifs is 3. The first kappa shape index (κ1) is 27.3. The van der Waals surface area contributed by atoms with E-state index in [1.165, 1.54) is 17.4 Å². The van der Waals surface area contributed by atoms with E-state index in [1.54, 1.807) is 18.2 Å². The number of halogens is 3. The van der Waals surface area contributed by atoms with Crippen molar-refractivity contribution >= 4 is 50.7 Å². The summed E-state index contributed by atoms with van der Waals surface area (Å²) in [6.07, 6.45) is 4.82. The normalized spacial score (nSPS) is 27.5. The standard InChI is InChI=1S/C30H27Cl2FN2O5S/c1-29(39-13-18-24(35-40-26(18)14-5-6-14)23-19(31)3-2-4-20(23)32)11-16-7-8-17(12-29)30(16,38)28-34-25-21(33)9-15(27(36)37)10-22(25)41-28/h2-4,9-10,14,16-17,38H,5-8,11-13H2,1H3,(H,36,37)/t16-,17+,29?,30?. The molecule has 0 saturated heterocycles. The summed E-state index contributed by atoms with van der Waals surface area (Å²) >= 11 is 14.2. The van der Waals surface area contributed by atoms with Gasteiger partial charge in [0.15, 0.2) is 5.82 Å². The molecule has 41 heavy (non-hydrogen) atoms. The average molecular weight is 618 g/mol. The zero-order valence-corrected chi connectivity index (χ0v) is 24.5. The van der Waals surface area contributed by atoms with Crippen LogP contribution in [0.3, 0.4) is 0 Å². The Balaban J connectivity index is 1.16. The van der Waals surface area contributed by atoms with Gasteiger partial charge in [0.2, 0.25) is 0 Å². The van der Waals surface area contributed by atoms with Crippen LogP contribution in [-0.4, -0.2) is 31.9 Å². The molecule has 0 aliphatic heterocycles. The maximum atomic E-state index is 14.7. The van der Waals surface area contributed by atoms with Gasteiger partial charge < -0.3 is 19.5 Å². The molecule has 3 fully saturated rings. The van der Waals surface area contributed by atoms with Crippen molar-refractivity contribution in [2.24, 2.45) is 11.8 Å². The number of hydrogen-bond donors (Lipinski definition) is 2. The molecule has 7 nitrogen and oxygen atoms in total. The van der Waals surface area contributed by atoms with Crippen molar-refractivity contribution < 1.29 is 28.7 Å². The van der Waals surface area contributed by atoms with Crippen LogP contribution in [-0.2, 0) is 16.9 Å². The number of nitrogens with zero attached hydrogens (tertiary/aromatic N) is 2. The van der Waals surface area contributed by atoms with Gasteiger partial charge in [-0.05, 0) is 81.5 Å². The Morgan fingerprint density at radius 2 is 1.85 bits per heavy atom. The van der Waals surface area contributed by atoms with Gasteiger partial charge in [0, 0.05) is 17.0 Å². The second-order valence-electron chi connectivity index (χ2n) is 11.8. The summed E-state index contributed by atoms with van der Waals surface area (Å²) < 4.78 is 27.6. The number of aromatic carboxylic acids is 1. The fourth-order valence-corrected chi connectivity index (χ4v) is 8.71. The van der Waals surface area contributed by atoms with E-state index >= 15 is 0 Å². The van der Waals surface area contributed by atoms with E-state index in [9.17, 15) is 19.4 Å². The molecule has 0 spiro atoms. The Morgan fingerprint density at radius 3 is 2.49 bits per heavy atom. The second-order valence-corrected chi connectivity index (χ2v) is 13.7. The lowest BCUT2D eigenvalue weighted by Crippen LogP contribution is -2.49. The first-order valence-electron chi connectivity index (χ1n) is 13.7. The Bertz CT molecular complexity index is 1670. The summed E-state index contributed by atoms with van der Waals surface area (Å²) in [6, 6.07) is 7.73. The highest BCUT2D eigenvalue weighted by Gasteiger charge is 2.59. The number of benzene rings is 2. The number of hydrogen-bond acceptors (Lipinski definition) is 7. The Hall–Kier alpha value is -2.56. The Kier molecular flexibility index (Phi) is 6.48. The van der Waals surface area contributed by atoms with E-state index in [2.05, 4.69) is 17.1 Å². The van der Waals surface area contributed by atoms with Crippen LogP contribution in [0.25, 0.3) is 21.5 Å². The molecule has 2 bridgehead atoms. The highest BCUT2D eigenvalue weighted by Crippen LogP contribution is 2.59. The molecule has 2 N–H and O–H groups in total. The fraction of sp³-hybridized carbons (Fsp3) is 0.433. The molecule has 0 amide bonds. The summed E-state index contributed by atoms with van der Waals surface area (Å²) in [6.45, 7) is 2.34. The van der Waals surface area contributed by atoms with E-state index in [1.807, 2.05) is 0 Å². The molecule has 11 heteroatoms. The molecule has 2 aromatic heterocycles. The lowest BCUT2D eigenvalue weighted by Gasteiger charge is -2.46. The molecule has 2 aromatic carbocycles. The minimum Gasteiger partial charge on any atom is -0.478 e. The molecule has 2 unspecified atom stereocenters. The molecular formula is C30H27Cl2FN2O5S. The van der Waals surface area contributed by atoms with Crippen LogP contribution < -0.4 is 0 Å². The van der Waals surface area contributed by atoms with Gasteiger partial charge in [0.25, 0.3) is 0 Å². The van der Waals surface area contributed by atoms with Gasteiger partial charge in [-0.2, -0.15) is 0 Å². The van der Waals surface area contributed by atoms with Gasteiger partial charge in [-0.15, -0.1) is 11.3 Å². The van der Waals surface area contributed by atoms with Crippen molar-refractivity contribution in [1.29, 1.82) is 0 Å². The van der Waals surface area contributed by atoms with Crippen LogP contribution in [0.1, 0.15) is 78.1 Å². The molecule has 4 aromatic rings. The average Bonchev–Trinajstić information content (AvgIpc) is 3.48. The molecule has 7 rings (SSSR count). The number of carboxylic acids is 1. The van der Waals surface area contributed by atoms with Crippen LogP contribution in [0.15, 0.2) is 34.9 Å². The van der Waals surface area contributed by atoms with Crippen molar-refractivity contribution in [3.63, 3.8) is 0 Å². The molecule has 4 atom stereocenters. The predicted octanol–water partition coefficient (Wildman–Crippen LogP) is 7.96. The first-order chi connectivity index (χ1) is 19.6. The molecule has 2 heterocycles. The maximum Gasteiger partial charge on any atom is 0.335 e. The minimum absolute atomic E-state index is 0.0956. The maximum absolute atomic E-state index is 14.7. The van der Waals surface area contributed by atoms with Gasteiger partial charge >= 0.3 is 5.97 Å². The van der Waals surface area contributed by atoms with Crippen LogP contribution in [0.4, 0.5) is 4.39 Å². The lowest BCUT2D eigenvalue weighted by atomic mass is 9.68. The molecule has 0 radical (unpaired) electrons. The van der Waals surface area contributed by atoms with E-state index < -0.39 is 23.0 Å². The third-order valence-electron chi connectivity index (χ3n) is 9.03. The Labute approximate surface area is 249 Å². The second kappa shape index (κ2) is 9.74. The van der Waals surface area contributed by atoms with Crippen molar-refractivity contribution in [3.05, 3.63) is 68.1 Å². The highest BCUT2D eigenvalue weighted by molar-refractivity contribution is 7.18. The van der Waals surface area contributed by atoms with E-state index in [0.29, 0.717) is 49.8 Å². The Morgan fingerprint density at radius 1 is 1.17 bits per heavy atom. The quantitative estimate of drug-likeness (QED) is 0.217. The summed E-state index contributed by atoms with van der Waals surface area (Å²) in [4.78, 5) is 15.9. The summed E-state index contributed by atoms with van der Waals surface area (Å²) in [7, 11) is 0. The number of thiazole rings is 1. The zero-order valence-electron chi connectivity index (χ0n) is 22.1. The fourth-order valence-electron chi connectivity index (χ4n) is 6.86. The molecule has 3 aliphatic carbocycles. The van der Waals surface area contributed by atoms with Crippen LogP contribution in [0.5, 0.6) is 0 Å². The zero-order chi connectivity index (χ0) is 28.7. The third kappa shape index (κ3) is 4.48. The van der Waals surface area contributed by atoms with Crippen LogP contribution in [0.2, 0.25) is 10.0 Å². The first-order valence-corrected chi connectivity index (χ1v) is 15.3. The van der Waals surface area contributed by atoms with Crippen molar-refractivity contribution in [1.82, 2.24) is 10.1 Å². The van der Waals surface area contributed by atoms with Gasteiger partial charge in [-0.1, -0.05) is 34.4 Å². The van der Waals surface area contributed by atoms with E-state index in [4.69, 9.17) is 32.5 Å². The van der Waals surface area contributed by atoms with Crippen molar-refractivity contribution in [2.45, 2.75) is 69.2 Å². The topological polar surface area (TPSA) is 106 Å². The van der Waals surface area contributed by atoms with Crippen molar-refractivity contribution in [2.75, 3.05) is 0 Å². The van der Waals surface area contributed by atoms with Gasteiger partial charge in [0.1, 0.15) is 27.6 Å². The minimum atomic E-state index is -1.23. The molecular weight excluding hydrogens is 590 g/mol. The van der Waals surface area contributed by atoms with E-state index in [0.717, 1.165) is 43.1 Å². The van der Waals surface area contributed by atoms with Crippen LogP contribution >= 0.6 is 34.5 Å². The summed E-state index contributed by atoms with van der Waals surface area (Å²) in [5.74, 6) is -1.07. The molecule has 214 valence electrons. The smallest absolute Gasteiger partial charge is 0.335 e. The monoisotopic (exact) mass is 616 g/mol. The predicted molar refractivity (Wildman–Crippen MR) is 153 cm³/mol. The summed E-state index contributed by atoms with van der Waals surface area (Å²) in [5.41, 5.74) is 0.277. The van der Waals surface area contributed by atoms with Gasteiger partial charge in [-0.3, -0.25) is 0 Å². The number of aliphatic hydroxyl groups is 1. The van der Waals surface area contributed by atoms with Gasteiger partial charge in [0.05, 0.1) is 32.5 Å². The number of carboxylic acid groups (broad SMARTS) is 1. The SMILES string of the molecule is CC1(OCc2c(-c3c(Cl)cccc3Cl)noc2C2CC2)C[C@H]2CC[C@@H](C1)C2(O)c1nc2c(F)cc(C(=O)O)cc2s1. The number of carbonyl (C=O) groups is 1. The number of ether oxygens (including phenoxy) is 1. The lowest BCUT2D eigenvalue weighted by molar-refractivity contribution is -0.158. The summed E-state index contributed by atoms with van der Waals surface area (Å²) in [5, 5.41) is 27.2. The van der Waals surface area contributed by atoms with Crippen LogP contribution in [0, 0.1) is 17.7 Å². The van der Waals surface area contributed by atoms with Gasteiger partial charge in [-0.25, -0.2) is 14.2 Å².